The molecule has 0 radical (unpaired) electrons. The maximum atomic E-state index is 15.5. The number of alkyl halides is 2. The van der Waals surface area contributed by atoms with E-state index in [1.54, 1.807) is 39.9 Å². The van der Waals surface area contributed by atoms with Crippen LogP contribution in [-0.2, 0) is 0 Å². The van der Waals surface area contributed by atoms with Crippen molar-refractivity contribution in [2.75, 3.05) is 25.5 Å². The molecular formula is C28H30B3F2N7O3. The van der Waals surface area contributed by atoms with Gasteiger partial charge < -0.3 is 24.4 Å². The number of nitrogens with one attached hydrogen (secondary N) is 1. The van der Waals surface area contributed by atoms with Crippen LogP contribution in [0.4, 0.5) is 20.2 Å². The fourth-order valence-electron chi connectivity index (χ4n) is 5.23. The van der Waals surface area contributed by atoms with Crippen molar-refractivity contribution in [2.45, 2.75) is 30.6 Å². The van der Waals surface area contributed by atoms with Crippen LogP contribution in [0.1, 0.15) is 12.0 Å². The third-order valence-electron chi connectivity index (χ3n) is 7.60. The van der Waals surface area contributed by atoms with Gasteiger partial charge in [0.1, 0.15) is 41.9 Å². The largest absolute Gasteiger partial charge is 0.493 e. The van der Waals surface area contributed by atoms with Crippen molar-refractivity contribution < 1.29 is 23.0 Å². The molecule has 1 aliphatic rings. The van der Waals surface area contributed by atoms with Crippen molar-refractivity contribution in [1.29, 1.82) is 0 Å². The molecule has 0 amide bonds. The zero-order valence-corrected chi connectivity index (χ0v) is 24.6. The smallest absolute Gasteiger partial charge is 0.296 e. The van der Waals surface area contributed by atoms with Crippen LogP contribution in [0, 0.1) is 6.92 Å². The summed E-state index contributed by atoms with van der Waals surface area (Å²) < 4.78 is 50.2. The first-order valence-corrected chi connectivity index (χ1v) is 14.0. The summed E-state index contributed by atoms with van der Waals surface area (Å²) in [5, 5.41) is 7.64. The molecular weight excluding hydrogens is 553 g/mol. The number of ether oxygens (including phenoxy) is 3. The summed E-state index contributed by atoms with van der Waals surface area (Å²) in [6.45, 7) is 2.04. The highest BCUT2D eigenvalue weighted by Gasteiger charge is 2.48. The molecule has 0 aliphatic carbocycles. The molecule has 1 saturated heterocycles. The van der Waals surface area contributed by atoms with Crippen molar-refractivity contribution >= 4 is 51.5 Å². The van der Waals surface area contributed by atoms with Gasteiger partial charge in [0.25, 0.3) is 5.92 Å². The third-order valence-corrected chi connectivity index (χ3v) is 7.60. The van der Waals surface area contributed by atoms with Crippen LogP contribution in [-0.4, -0.2) is 90.5 Å². The first-order chi connectivity index (χ1) is 20.5. The van der Waals surface area contributed by atoms with E-state index in [1.807, 2.05) is 48.7 Å². The number of halogens is 2. The van der Waals surface area contributed by atoms with Gasteiger partial charge in [0.05, 0.1) is 30.2 Å². The Hall–Kier alpha value is -4.39. The van der Waals surface area contributed by atoms with Gasteiger partial charge in [-0.25, -0.2) is 23.3 Å². The van der Waals surface area contributed by atoms with Crippen molar-refractivity contribution in [1.82, 2.24) is 29.5 Å². The van der Waals surface area contributed by atoms with E-state index in [2.05, 4.69) is 25.4 Å². The molecule has 15 heteroatoms. The van der Waals surface area contributed by atoms with E-state index in [-0.39, 0.29) is 24.0 Å². The molecule has 218 valence electrons. The summed E-state index contributed by atoms with van der Waals surface area (Å²) in [6.07, 6.45) is 3.50. The summed E-state index contributed by atoms with van der Waals surface area (Å²) in [5.74, 6) is -1.46. The van der Waals surface area contributed by atoms with Crippen LogP contribution < -0.4 is 19.5 Å². The molecule has 3 aromatic heterocycles. The van der Waals surface area contributed by atoms with Gasteiger partial charge in [0, 0.05) is 30.9 Å². The molecule has 0 saturated carbocycles. The number of methoxy groups -OCH3 is 1. The molecule has 43 heavy (non-hydrogen) atoms. The molecule has 1 unspecified atom stereocenters. The van der Waals surface area contributed by atoms with Crippen LogP contribution in [0.15, 0.2) is 61.3 Å². The fourth-order valence-corrected chi connectivity index (χ4v) is 5.23. The maximum Gasteiger partial charge on any atom is 0.296 e. The van der Waals surface area contributed by atoms with Crippen LogP contribution in [0.3, 0.4) is 0 Å². The number of nitrogens with zero attached hydrogens (tertiary/aromatic N) is 6. The molecule has 1 N–H and O–H groups in total. The number of pyridine rings is 1. The minimum Gasteiger partial charge on any atom is -0.493 e. The third kappa shape index (κ3) is 5.81. The Morgan fingerprint density at radius 1 is 1.05 bits per heavy atom. The molecule has 0 bridgehead atoms. The fraction of sp³-hybridized carbons (Fsp3) is 0.286. The summed E-state index contributed by atoms with van der Waals surface area (Å²) in [7, 11) is 7.32. The number of piperidine rings is 1. The van der Waals surface area contributed by atoms with Gasteiger partial charge in [-0.2, -0.15) is 5.10 Å². The zero-order chi connectivity index (χ0) is 30.4. The minimum absolute atomic E-state index is 0.173. The number of aromatic nitrogens is 5. The van der Waals surface area contributed by atoms with E-state index in [4.69, 9.17) is 14.2 Å². The van der Waals surface area contributed by atoms with Crippen molar-refractivity contribution in [2.24, 2.45) is 0 Å². The summed E-state index contributed by atoms with van der Waals surface area (Å²) in [5.41, 5.74) is 3.46. The normalized spacial score (nSPS) is 17.2. The van der Waals surface area contributed by atoms with E-state index >= 15 is 8.78 Å². The van der Waals surface area contributed by atoms with E-state index in [0.717, 1.165) is 11.3 Å². The number of anilines is 2. The predicted molar refractivity (Wildman–Crippen MR) is 168 cm³/mol. The lowest BCUT2D eigenvalue weighted by molar-refractivity contribution is -0.140. The quantitative estimate of drug-likeness (QED) is 0.276. The second kappa shape index (κ2) is 11.0. The first kappa shape index (κ1) is 28.7. The number of fused-ring (bicyclic) bond motifs is 2. The lowest BCUT2D eigenvalue weighted by Gasteiger charge is -2.45. The molecule has 1 fully saturated rings. The average Bonchev–Trinajstić information content (AvgIpc) is 3.43. The van der Waals surface area contributed by atoms with Gasteiger partial charge >= 0.3 is 0 Å². The van der Waals surface area contributed by atoms with E-state index < -0.39 is 12.0 Å². The second-order valence-electron chi connectivity index (χ2n) is 11.6. The Morgan fingerprint density at radius 2 is 1.86 bits per heavy atom. The highest BCUT2D eigenvalue weighted by Crippen LogP contribution is 2.43. The lowest BCUT2D eigenvalue weighted by atomic mass is 9.48. The molecule has 1 atom stereocenters. The van der Waals surface area contributed by atoms with Gasteiger partial charge in [-0.05, 0) is 48.9 Å². The highest BCUT2D eigenvalue weighted by atomic mass is 19.3. The van der Waals surface area contributed by atoms with Gasteiger partial charge in [0.15, 0.2) is 23.3 Å². The molecule has 4 heterocycles. The summed E-state index contributed by atoms with van der Waals surface area (Å²) in [6, 6.07) is 12.6. The molecule has 1 aliphatic heterocycles. The maximum absolute atomic E-state index is 15.5. The van der Waals surface area contributed by atoms with Crippen molar-refractivity contribution in [3.63, 3.8) is 0 Å². The standard InChI is InChI=1S/C28H30B3F2N7O3/c1-16-11-17(3-5-20(16)42-24-12-23-35-14-37-40(23)15-36-24)38-19-7-9-34-18-4-6-21(41-2)26(25(18)19)43-22-8-10-39(28(29,30)31)13-27(22,32)33/h3-7,9,11-12,14-15,22H,8,10,13,29-31H2,1-2H3,(H,34,38). The van der Waals surface area contributed by atoms with Crippen LogP contribution in [0.2, 0.25) is 0 Å². The predicted octanol–water partition coefficient (Wildman–Crippen LogP) is 2.12. The summed E-state index contributed by atoms with van der Waals surface area (Å²) in [4.78, 5) is 14.7. The van der Waals surface area contributed by atoms with Gasteiger partial charge in [0.2, 0.25) is 5.88 Å². The molecule has 10 nitrogen and oxygen atoms in total. The zero-order valence-electron chi connectivity index (χ0n) is 24.6. The van der Waals surface area contributed by atoms with Crippen LogP contribution >= 0.6 is 0 Å². The number of hydrogen-bond acceptors (Lipinski definition) is 9. The number of benzene rings is 2. The van der Waals surface area contributed by atoms with Gasteiger partial charge in [-0.3, -0.25) is 4.98 Å². The molecule has 6 rings (SSSR count). The second-order valence-corrected chi connectivity index (χ2v) is 11.6. The van der Waals surface area contributed by atoms with Crippen molar-refractivity contribution in [3.8, 4) is 23.1 Å². The molecule has 2 aromatic carbocycles. The lowest BCUT2D eigenvalue weighted by Crippen LogP contribution is -2.62. The van der Waals surface area contributed by atoms with Crippen LogP contribution in [0.25, 0.3) is 16.6 Å². The number of likely N-dealkylation sites (tertiary alicyclic amines) is 1. The van der Waals surface area contributed by atoms with Gasteiger partial charge in [-0.15, -0.1) is 0 Å². The van der Waals surface area contributed by atoms with E-state index in [0.29, 0.717) is 46.2 Å². The van der Waals surface area contributed by atoms with E-state index in [1.165, 1.54) is 19.8 Å². The van der Waals surface area contributed by atoms with Crippen LogP contribution in [0.5, 0.6) is 23.1 Å². The van der Waals surface area contributed by atoms with E-state index in [9.17, 15) is 0 Å². The minimum atomic E-state index is -3.06. The van der Waals surface area contributed by atoms with Gasteiger partial charge in [-0.1, -0.05) is 5.24 Å². The Morgan fingerprint density at radius 3 is 2.60 bits per heavy atom. The Balaban J connectivity index is 1.29. The topological polar surface area (TPSA) is 98.9 Å². The Bertz CT molecular complexity index is 1800. The van der Waals surface area contributed by atoms with Crippen molar-refractivity contribution in [3.05, 3.63) is 66.9 Å². The number of aryl methyl sites for hydroxylation is 1. The monoisotopic (exact) mass is 583 g/mol. The summed E-state index contributed by atoms with van der Waals surface area (Å²) >= 11 is 0. The Kier molecular flexibility index (Phi) is 7.37. The molecule has 5 aromatic rings. The molecule has 0 spiro atoms. The Labute approximate surface area is 250 Å². The number of rotatable bonds is 8. The SMILES string of the molecule is BC(B)(B)N1CCC(Oc2c(OC)ccc3nccc(Nc4ccc(Oc5cc6ncnn6cn5)c(C)c4)c23)C(F)(F)C1. The first-order valence-electron chi connectivity index (χ1n) is 14.0. The number of hydrogen-bond donors (Lipinski definition) is 1. The highest BCUT2D eigenvalue weighted by molar-refractivity contribution is 6.59. The average molecular weight is 583 g/mol.